The summed E-state index contributed by atoms with van der Waals surface area (Å²) in [4.78, 5) is 12.3. The maximum atomic E-state index is 12.3. The number of rotatable bonds is 7. The van der Waals surface area contributed by atoms with Gasteiger partial charge in [-0.15, -0.1) is 5.10 Å². The van der Waals surface area contributed by atoms with E-state index in [0.29, 0.717) is 6.54 Å². The number of carbonyl (C=O) groups excluding carboxylic acids is 1. The van der Waals surface area contributed by atoms with Gasteiger partial charge in [0.1, 0.15) is 6.54 Å². The van der Waals surface area contributed by atoms with E-state index in [9.17, 15) is 4.79 Å². The molecule has 1 aromatic carbocycles. The molecule has 1 saturated heterocycles. The molecule has 2 aromatic rings. The summed E-state index contributed by atoms with van der Waals surface area (Å²) >= 11 is 0. The molecule has 1 fully saturated rings. The number of ether oxygens (including phenoxy) is 1. The Hall–Kier alpha value is -2.21. The maximum absolute atomic E-state index is 12.3. The first-order chi connectivity index (χ1) is 12.5. The van der Waals surface area contributed by atoms with E-state index in [2.05, 4.69) is 41.6 Å². The lowest BCUT2D eigenvalue weighted by atomic mass is 9.84. The summed E-state index contributed by atoms with van der Waals surface area (Å²) in [6.45, 7) is 5.84. The van der Waals surface area contributed by atoms with E-state index in [1.807, 2.05) is 24.4 Å². The fourth-order valence-corrected chi connectivity index (χ4v) is 3.22. The molecule has 1 atom stereocenters. The molecule has 0 saturated carbocycles. The minimum Gasteiger partial charge on any atom is -0.378 e. The number of amides is 1. The quantitative estimate of drug-likeness (QED) is 0.827. The van der Waals surface area contributed by atoms with Gasteiger partial charge in [-0.05, 0) is 24.8 Å². The van der Waals surface area contributed by atoms with Crippen LogP contribution in [0, 0.1) is 0 Å². The summed E-state index contributed by atoms with van der Waals surface area (Å²) in [5.74, 6) is -0.0561. The predicted molar refractivity (Wildman–Crippen MR) is 99.8 cm³/mol. The zero-order chi connectivity index (χ0) is 18.4. The van der Waals surface area contributed by atoms with Crippen molar-refractivity contribution < 1.29 is 9.53 Å². The van der Waals surface area contributed by atoms with Crippen LogP contribution in [0.2, 0.25) is 0 Å². The number of hydrogen-bond donors (Lipinski definition) is 1. The van der Waals surface area contributed by atoms with Crippen LogP contribution in [0.4, 0.5) is 0 Å². The van der Waals surface area contributed by atoms with Crippen molar-refractivity contribution in [3.05, 3.63) is 47.8 Å². The van der Waals surface area contributed by atoms with Crippen LogP contribution in [0.15, 0.2) is 36.5 Å². The van der Waals surface area contributed by atoms with Crippen molar-refractivity contribution in [1.82, 2.24) is 20.3 Å². The SMILES string of the molecule is CC(C)(CNC(=O)Cn1cc(CC2CCCCO2)nn1)c1ccccc1. The van der Waals surface area contributed by atoms with E-state index in [1.54, 1.807) is 4.68 Å². The van der Waals surface area contributed by atoms with Crippen molar-refractivity contribution in [2.45, 2.75) is 57.6 Å². The first-order valence-corrected chi connectivity index (χ1v) is 9.36. The maximum Gasteiger partial charge on any atom is 0.241 e. The monoisotopic (exact) mass is 356 g/mol. The highest BCUT2D eigenvalue weighted by Gasteiger charge is 2.21. The highest BCUT2D eigenvalue weighted by molar-refractivity contribution is 5.75. The predicted octanol–water partition coefficient (Wildman–Crippen LogP) is 2.48. The fourth-order valence-electron chi connectivity index (χ4n) is 3.22. The van der Waals surface area contributed by atoms with Crippen molar-refractivity contribution in [2.24, 2.45) is 0 Å². The van der Waals surface area contributed by atoms with Crippen LogP contribution >= 0.6 is 0 Å². The second kappa shape index (κ2) is 8.45. The lowest BCUT2D eigenvalue weighted by molar-refractivity contribution is -0.122. The minimum absolute atomic E-state index is 0.0561. The van der Waals surface area contributed by atoms with Crippen LogP contribution in [0.25, 0.3) is 0 Å². The molecule has 1 aliphatic rings. The largest absolute Gasteiger partial charge is 0.378 e. The van der Waals surface area contributed by atoms with E-state index < -0.39 is 0 Å². The molecule has 1 aliphatic heterocycles. The molecule has 1 N–H and O–H groups in total. The number of aromatic nitrogens is 3. The van der Waals surface area contributed by atoms with Gasteiger partial charge in [-0.1, -0.05) is 49.4 Å². The molecular weight excluding hydrogens is 328 g/mol. The van der Waals surface area contributed by atoms with E-state index in [0.717, 1.165) is 31.6 Å². The second-order valence-electron chi connectivity index (χ2n) is 7.63. The normalized spacial score (nSPS) is 17.8. The van der Waals surface area contributed by atoms with Gasteiger partial charge in [0.15, 0.2) is 0 Å². The average Bonchev–Trinajstić information content (AvgIpc) is 3.08. The molecule has 1 unspecified atom stereocenters. The molecule has 140 valence electrons. The van der Waals surface area contributed by atoms with Crippen molar-refractivity contribution in [1.29, 1.82) is 0 Å². The van der Waals surface area contributed by atoms with E-state index in [1.165, 1.54) is 12.0 Å². The third kappa shape index (κ3) is 5.14. The molecule has 0 radical (unpaired) electrons. The zero-order valence-corrected chi connectivity index (χ0v) is 15.6. The van der Waals surface area contributed by atoms with Crippen LogP contribution < -0.4 is 5.32 Å². The van der Waals surface area contributed by atoms with Crippen molar-refractivity contribution in [3.63, 3.8) is 0 Å². The number of hydrogen-bond acceptors (Lipinski definition) is 4. The van der Waals surface area contributed by atoms with Crippen LogP contribution in [0.1, 0.15) is 44.4 Å². The Morgan fingerprint density at radius 3 is 2.85 bits per heavy atom. The Morgan fingerprint density at radius 1 is 1.31 bits per heavy atom. The van der Waals surface area contributed by atoms with Crippen molar-refractivity contribution >= 4 is 5.91 Å². The smallest absolute Gasteiger partial charge is 0.241 e. The van der Waals surface area contributed by atoms with Crippen LogP contribution in [-0.2, 0) is 27.9 Å². The van der Waals surface area contributed by atoms with Crippen LogP contribution in [0.3, 0.4) is 0 Å². The zero-order valence-electron chi connectivity index (χ0n) is 15.6. The van der Waals surface area contributed by atoms with E-state index >= 15 is 0 Å². The van der Waals surface area contributed by atoms with Gasteiger partial charge in [-0.2, -0.15) is 0 Å². The molecule has 26 heavy (non-hydrogen) atoms. The summed E-state index contributed by atoms with van der Waals surface area (Å²) in [7, 11) is 0. The van der Waals surface area contributed by atoms with Gasteiger partial charge in [0.05, 0.1) is 11.8 Å². The van der Waals surface area contributed by atoms with Gasteiger partial charge in [0, 0.05) is 31.2 Å². The van der Waals surface area contributed by atoms with Gasteiger partial charge in [-0.25, -0.2) is 4.68 Å². The Morgan fingerprint density at radius 2 is 2.12 bits per heavy atom. The molecular formula is C20H28N4O2. The van der Waals surface area contributed by atoms with Gasteiger partial charge in [0.2, 0.25) is 5.91 Å². The highest BCUT2D eigenvalue weighted by Crippen LogP contribution is 2.21. The molecule has 6 heteroatoms. The number of benzene rings is 1. The molecule has 0 bridgehead atoms. The molecule has 2 heterocycles. The lowest BCUT2D eigenvalue weighted by Crippen LogP contribution is -2.38. The third-order valence-electron chi connectivity index (χ3n) is 4.89. The Kier molecular flexibility index (Phi) is 6.04. The summed E-state index contributed by atoms with van der Waals surface area (Å²) in [5, 5.41) is 11.3. The summed E-state index contributed by atoms with van der Waals surface area (Å²) in [6.07, 6.45) is 6.26. The lowest BCUT2D eigenvalue weighted by Gasteiger charge is -2.25. The average molecular weight is 356 g/mol. The second-order valence-corrected chi connectivity index (χ2v) is 7.63. The molecule has 0 spiro atoms. The van der Waals surface area contributed by atoms with Crippen molar-refractivity contribution in [3.8, 4) is 0 Å². The summed E-state index contributed by atoms with van der Waals surface area (Å²) in [5.41, 5.74) is 1.97. The molecule has 3 rings (SSSR count). The van der Waals surface area contributed by atoms with Gasteiger partial charge < -0.3 is 10.1 Å². The first-order valence-electron chi connectivity index (χ1n) is 9.36. The summed E-state index contributed by atoms with van der Waals surface area (Å²) < 4.78 is 7.33. The third-order valence-corrected chi connectivity index (χ3v) is 4.89. The number of carbonyl (C=O) groups is 1. The first kappa shape index (κ1) is 18.6. The van der Waals surface area contributed by atoms with Gasteiger partial charge in [0.25, 0.3) is 0 Å². The highest BCUT2D eigenvalue weighted by atomic mass is 16.5. The molecule has 1 aromatic heterocycles. The summed E-state index contributed by atoms with van der Waals surface area (Å²) in [6, 6.07) is 10.2. The number of nitrogens with zero attached hydrogens (tertiary/aromatic N) is 3. The van der Waals surface area contributed by atoms with Gasteiger partial charge in [-0.3, -0.25) is 4.79 Å². The minimum atomic E-state index is -0.122. The Bertz CT molecular complexity index is 706. The standard InChI is InChI=1S/C20H28N4O2/c1-20(2,16-8-4-3-5-9-16)15-21-19(25)14-24-13-17(22-23-24)12-18-10-6-7-11-26-18/h3-5,8-9,13,18H,6-7,10-12,14-15H2,1-2H3,(H,21,25). The van der Waals surface area contributed by atoms with Crippen LogP contribution in [-0.4, -0.2) is 40.2 Å². The molecule has 6 nitrogen and oxygen atoms in total. The fraction of sp³-hybridized carbons (Fsp3) is 0.550. The molecule has 1 amide bonds. The van der Waals surface area contributed by atoms with Crippen molar-refractivity contribution in [2.75, 3.05) is 13.2 Å². The van der Waals surface area contributed by atoms with Gasteiger partial charge >= 0.3 is 0 Å². The van der Waals surface area contributed by atoms with Crippen LogP contribution in [0.5, 0.6) is 0 Å². The Labute approximate surface area is 154 Å². The number of nitrogens with one attached hydrogen (secondary N) is 1. The Balaban J connectivity index is 1.47. The topological polar surface area (TPSA) is 69.0 Å². The van der Waals surface area contributed by atoms with E-state index in [4.69, 9.17) is 4.74 Å². The molecule has 0 aliphatic carbocycles. The van der Waals surface area contributed by atoms with E-state index in [-0.39, 0.29) is 24.0 Å².